The molecule has 0 radical (unpaired) electrons. The minimum Gasteiger partial charge on any atom is -0.465 e. The summed E-state index contributed by atoms with van der Waals surface area (Å²) in [6.45, 7) is 4.95. The summed E-state index contributed by atoms with van der Waals surface area (Å²) >= 11 is 0. The maximum absolute atomic E-state index is 11.2. The number of carbonyl (C=O) groups excluding carboxylic acids is 2. The first-order valence-corrected chi connectivity index (χ1v) is 6.52. The Morgan fingerprint density at radius 1 is 0.765 bits per heavy atom. The van der Waals surface area contributed by atoms with Gasteiger partial charge in [-0.15, -0.1) is 0 Å². The van der Waals surface area contributed by atoms with Gasteiger partial charge < -0.3 is 9.47 Å². The highest BCUT2D eigenvalue weighted by Crippen LogP contribution is 1.99. The summed E-state index contributed by atoms with van der Waals surface area (Å²) in [5.41, 5.74) is 0. The van der Waals surface area contributed by atoms with E-state index in [1.54, 1.807) is 0 Å². The van der Waals surface area contributed by atoms with Crippen LogP contribution in [0.2, 0.25) is 0 Å². The third-order valence-corrected chi connectivity index (χ3v) is 2.31. The number of esters is 2. The highest BCUT2D eigenvalue weighted by Gasteiger charge is 2.11. The first-order valence-electron chi connectivity index (χ1n) is 6.52. The van der Waals surface area contributed by atoms with E-state index in [9.17, 15) is 9.59 Å². The fourth-order valence-corrected chi connectivity index (χ4v) is 1.30. The van der Waals surface area contributed by atoms with Gasteiger partial charge in [0.25, 0.3) is 0 Å². The number of rotatable bonds is 10. The topological polar surface area (TPSA) is 52.6 Å². The molecule has 0 unspecified atom stereocenters. The summed E-state index contributed by atoms with van der Waals surface area (Å²) < 4.78 is 9.80. The van der Waals surface area contributed by atoms with E-state index in [1.807, 2.05) is 0 Å². The van der Waals surface area contributed by atoms with Crippen LogP contribution >= 0.6 is 0 Å². The highest BCUT2D eigenvalue weighted by molar-refractivity contribution is 5.91. The minimum absolute atomic E-state index is 0.266. The molecule has 17 heavy (non-hydrogen) atoms. The summed E-state index contributed by atoms with van der Waals surface area (Å²) in [7, 11) is 0. The molecule has 0 aromatic carbocycles. The smallest absolute Gasteiger partial charge is 0.317 e. The Kier molecular flexibility index (Phi) is 10.7. The van der Waals surface area contributed by atoms with Gasteiger partial charge in [-0.05, 0) is 12.8 Å². The first-order chi connectivity index (χ1) is 8.20. The molecule has 0 N–H and O–H groups in total. The van der Waals surface area contributed by atoms with E-state index in [4.69, 9.17) is 9.47 Å². The van der Waals surface area contributed by atoms with E-state index in [2.05, 4.69) is 13.8 Å². The highest BCUT2D eigenvalue weighted by atomic mass is 16.6. The van der Waals surface area contributed by atoms with Crippen LogP contribution in [-0.2, 0) is 19.1 Å². The van der Waals surface area contributed by atoms with E-state index in [0.717, 1.165) is 38.5 Å². The van der Waals surface area contributed by atoms with Gasteiger partial charge in [-0.3, -0.25) is 9.59 Å². The van der Waals surface area contributed by atoms with E-state index in [0.29, 0.717) is 13.2 Å². The summed E-state index contributed by atoms with van der Waals surface area (Å²) in [6, 6.07) is 0. The van der Waals surface area contributed by atoms with Crippen LogP contribution in [0.15, 0.2) is 0 Å². The Bertz CT molecular complexity index is 191. The molecule has 0 rings (SSSR count). The molecule has 0 bridgehead atoms. The van der Waals surface area contributed by atoms with E-state index >= 15 is 0 Å². The average molecular weight is 244 g/mol. The third-order valence-electron chi connectivity index (χ3n) is 2.31. The van der Waals surface area contributed by atoms with Crippen molar-refractivity contribution in [2.24, 2.45) is 0 Å². The van der Waals surface area contributed by atoms with E-state index in [-0.39, 0.29) is 6.42 Å². The Morgan fingerprint density at radius 3 is 1.53 bits per heavy atom. The summed E-state index contributed by atoms with van der Waals surface area (Å²) in [5.74, 6) is -0.969. The van der Waals surface area contributed by atoms with Crippen LogP contribution in [0, 0.1) is 0 Å². The van der Waals surface area contributed by atoms with Crippen LogP contribution in [0.5, 0.6) is 0 Å². The molecular formula is C13H24O4. The number of carbonyl (C=O) groups is 2. The SMILES string of the molecule is CCCCCOC(=O)CC(=O)OCCCCC. The Morgan fingerprint density at radius 2 is 1.18 bits per heavy atom. The minimum atomic E-state index is -0.485. The molecule has 4 nitrogen and oxygen atoms in total. The molecule has 0 aliphatic rings. The van der Waals surface area contributed by atoms with Crippen molar-refractivity contribution < 1.29 is 19.1 Å². The molecule has 0 heterocycles. The van der Waals surface area contributed by atoms with Gasteiger partial charge in [-0.25, -0.2) is 0 Å². The van der Waals surface area contributed by atoms with Crippen molar-refractivity contribution in [2.45, 2.75) is 58.8 Å². The van der Waals surface area contributed by atoms with Crippen LogP contribution < -0.4 is 0 Å². The van der Waals surface area contributed by atoms with Gasteiger partial charge in [0.15, 0.2) is 0 Å². The van der Waals surface area contributed by atoms with Crippen LogP contribution in [0.1, 0.15) is 58.8 Å². The number of ether oxygens (including phenoxy) is 2. The molecule has 0 aliphatic carbocycles. The summed E-state index contributed by atoms with van der Waals surface area (Å²) in [5, 5.41) is 0. The van der Waals surface area contributed by atoms with Gasteiger partial charge >= 0.3 is 11.9 Å². The molecule has 0 amide bonds. The zero-order valence-electron chi connectivity index (χ0n) is 11.0. The zero-order chi connectivity index (χ0) is 12.9. The molecule has 0 aliphatic heterocycles. The van der Waals surface area contributed by atoms with Gasteiger partial charge in [-0.1, -0.05) is 39.5 Å². The third kappa shape index (κ3) is 11.2. The van der Waals surface area contributed by atoms with Gasteiger partial charge in [0.1, 0.15) is 6.42 Å². The van der Waals surface area contributed by atoms with Crippen LogP contribution in [0.3, 0.4) is 0 Å². The first kappa shape index (κ1) is 15.9. The lowest BCUT2D eigenvalue weighted by Crippen LogP contribution is -2.15. The Labute approximate surface area is 104 Å². The Hall–Kier alpha value is -1.06. The lowest BCUT2D eigenvalue weighted by atomic mass is 10.3. The van der Waals surface area contributed by atoms with Gasteiger partial charge in [0, 0.05) is 0 Å². The van der Waals surface area contributed by atoms with Crippen molar-refractivity contribution in [1.29, 1.82) is 0 Å². The maximum atomic E-state index is 11.2. The van der Waals surface area contributed by atoms with Crippen molar-refractivity contribution in [3.63, 3.8) is 0 Å². The summed E-state index contributed by atoms with van der Waals surface area (Å²) in [6.07, 6.45) is 5.68. The second-order valence-electron chi connectivity index (χ2n) is 4.03. The predicted molar refractivity (Wildman–Crippen MR) is 65.6 cm³/mol. The van der Waals surface area contributed by atoms with Crippen molar-refractivity contribution in [1.82, 2.24) is 0 Å². The average Bonchev–Trinajstić information content (AvgIpc) is 2.30. The van der Waals surface area contributed by atoms with E-state index in [1.165, 1.54) is 0 Å². The van der Waals surface area contributed by atoms with Crippen LogP contribution in [0.4, 0.5) is 0 Å². The van der Waals surface area contributed by atoms with Crippen LogP contribution in [-0.4, -0.2) is 25.2 Å². The largest absolute Gasteiger partial charge is 0.465 e. The second-order valence-corrected chi connectivity index (χ2v) is 4.03. The van der Waals surface area contributed by atoms with Gasteiger partial charge in [-0.2, -0.15) is 0 Å². The standard InChI is InChI=1S/C13H24O4/c1-3-5-7-9-16-12(14)11-13(15)17-10-8-6-4-2/h3-11H2,1-2H3. The van der Waals surface area contributed by atoms with Crippen molar-refractivity contribution >= 4 is 11.9 Å². The summed E-state index contributed by atoms with van der Waals surface area (Å²) in [4.78, 5) is 22.4. The van der Waals surface area contributed by atoms with Crippen molar-refractivity contribution in [2.75, 3.05) is 13.2 Å². The van der Waals surface area contributed by atoms with Crippen LogP contribution in [0.25, 0.3) is 0 Å². The Balaban J connectivity index is 3.42. The molecular weight excluding hydrogens is 220 g/mol. The fourth-order valence-electron chi connectivity index (χ4n) is 1.30. The molecule has 0 spiro atoms. The predicted octanol–water partition coefficient (Wildman–Crippen LogP) is 2.84. The van der Waals surface area contributed by atoms with Gasteiger partial charge in [0.2, 0.25) is 0 Å². The molecule has 100 valence electrons. The van der Waals surface area contributed by atoms with Crippen molar-refractivity contribution in [3.8, 4) is 0 Å². The van der Waals surface area contributed by atoms with Crippen molar-refractivity contribution in [3.05, 3.63) is 0 Å². The molecule has 0 fully saturated rings. The number of hydrogen-bond acceptors (Lipinski definition) is 4. The maximum Gasteiger partial charge on any atom is 0.317 e. The molecule has 0 aromatic heterocycles. The zero-order valence-corrected chi connectivity index (χ0v) is 11.0. The monoisotopic (exact) mass is 244 g/mol. The molecule has 0 saturated carbocycles. The number of unbranched alkanes of at least 4 members (excludes halogenated alkanes) is 4. The quantitative estimate of drug-likeness (QED) is 0.337. The molecule has 0 atom stereocenters. The van der Waals surface area contributed by atoms with Gasteiger partial charge in [0.05, 0.1) is 13.2 Å². The molecule has 4 heteroatoms. The molecule has 0 aromatic rings. The molecule has 0 saturated heterocycles. The number of hydrogen-bond donors (Lipinski definition) is 0. The fraction of sp³-hybridized carbons (Fsp3) is 0.846. The lowest BCUT2D eigenvalue weighted by molar-refractivity contribution is -0.154. The lowest BCUT2D eigenvalue weighted by Gasteiger charge is -2.05. The normalized spacial score (nSPS) is 10.0. The second kappa shape index (κ2) is 11.4. The van der Waals surface area contributed by atoms with E-state index < -0.39 is 11.9 Å².